The Labute approximate surface area is 150 Å². The Morgan fingerprint density at radius 3 is 2.84 bits per heavy atom. The van der Waals surface area contributed by atoms with Crippen molar-refractivity contribution in [2.24, 2.45) is 4.99 Å². The number of nitrogens with zero attached hydrogens (tertiary/aromatic N) is 1. The van der Waals surface area contributed by atoms with Crippen LogP contribution in [0.1, 0.15) is 36.1 Å². The second kappa shape index (κ2) is 10.6. The number of benzene rings is 1. The van der Waals surface area contributed by atoms with E-state index in [9.17, 15) is 0 Å². The van der Waals surface area contributed by atoms with Crippen molar-refractivity contribution in [2.75, 3.05) is 26.7 Å². The van der Waals surface area contributed by atoms with E-state index in [4.69, 9.17) is 9.15 Å². The summed E-state index contributed by atoms with van der Waals surface area (Å²) in [6, 6.07) is 12.4. The first-order valence-electron chi connectivity index (χ1n) is 8.80. The standard InChI is InChI=1S/C20H29N3O2/c1-16-7-4-8-18(13-16)17(2)14-23-20(21-3)22-10-6-11-24-15-19-9-5-12-25-19/h4-5,7-9,12-13,17H,6,10-11,14-15H2,1-3H3,(H2,21,22,23). The van der Waals surface area contributed by atoms with E-state index < -0.39 is 0 Å². The lowest BCUT2D eigenvalue weighted by atomic mass is 9.99. The monoisotopic (exact) mass is 343 g/mol. The van der Waals surface area contributed by atoms with Crippen molar-refractivity contribution in [1.29, 1.82) is 0 Å². The maximum atomic E-state index is 5.57. The van der Waals surface area contributed by atoms with Crippen molar-refractivity contribution in [3.63, 3.8) is 0 Å². The Morgan fingerprint density at radius 1 is 1.24 bits per heavy atom. The van der Waals surface area contributed by atoms with Crippen molar-refractivity contribution < 1.29 is 9.15 Å². The van der Waals surface area contributed by atoms with Crippen LogP contribution in [-0.4, -0.2) is 32.7 Å². The van der Waals surface area contributed by atoms with E-state index in [2.05, 4.69) is 53.7 Å². The van der Waals surface area contributed by atoms with Gasteiger partial charge in [-0.25, -0.2) is 0 Å². The Morgan fingerprint density at radius 2 is 2.12 bits per heavy atom. The van der Waals surface area contributed by atoms with Crippen LogP contribution in [0, 0.1) is 6.92 Å². The van der Waals surface area contributed by atoms with Gasteiger partial charge in [-0.15, -0.1) is 0 Å². The summed E-state index contributed by atoms with van der Waals surface area (Å²) < 4.78 is 10.8. The summed E-state index contributed by atoms with van der Waals surface area (Å²) in [4.78, 5) is 4.27. The number of nitrogens with one attached hydrogen (secondary N) is 2. The molecule has 2 N–H and O–H groups in total. The molecule has 0 amide bonds. The quantitative estimate of drug-likeness (QED) is 0.416. The predicted molar refractivity (Wildman–Crippen MR) is 102 cm³/mol. The number of hydrogen-bond donors (Lipinski definition) is 2. The third-order valence-electron chi connectivity index (χ3n) is 3.99. The van der Waals surface area contributed by atoms with Gasteiger partial charge in [0.2, 0.25) is 0 Å². The van der Waals surface area contributed by atoms with E-state index in [-0.39, 0.29) is 0 Å². The molecule has 136 valence electrons. The maximum absolute atomic E-state index is 5.57. The van der Waals surface area contributed by atoms with Gasteiger partial charge in [0.05, 0.1) is 6.26 Å². The molecule has 1 atom stereocenters. The molecule has 1 unspecified atom stereocenters. The van der Waals surface area contributed by atoms with Gasteiger partial charge in [-0.2, -0.15) is 0 Å². The molecule has 0 aliphatic carbocycles. The van der Waals surface area contributed by atoms with E-state index >= 15 is 0 Å². The van der Waals surface area contributed by atoms with Crippen LogP contribution in [0.5, 0.6) is 0 Å². The Kier molecular flexibility index (Phi) is 8.05. The second-order valence-electron chi connectivity index (χ2n) is 6.18. The third kappa shape index (κ3) is 7.01. The first-order valence-corrected chi connectivity index (χ1v) is 8.80. The molecular formula is C20H29N3O2. The van der Waals surface area contributed by atoms with Crippen molar-refractivity contribution in [3.05, 3.63) is 59.5 Å². The summed E-state index contributed by atoms with van der Waals surface area (Å²) in [7, 11) is 1.79. The Balaban J connectivity index is 1.60. The van der Waals surface area contributed by atoms with Gasteiger partial charge in [-0.05, 0) is 37.0 Å². The fourth-order valence-electron chi connectivity index (χ4n) is 2.51. The second-order valence-corrected chi connectivity index (χ2v) is 6.18. The van der Waals surface area contributed by atoms with Crippen molar-refractivity contribution >= 4 is 5.96 Å². The van der Waals surface area contributed by atoms with Crippen LogP contribution in [0.25, 0.3) is 0 Å². The lowest BCUT2D eigenvalue weighted by Crippen LogP contribution is -2.39. The van der Waals surface area contributed by atoms with Gasteiger partial charge in [-0.1, -0.05) is 36.8 Å². The number of hydrogen-bond acceptors (Lipinski definition) is 3. The lowest BCUT2D eigenvalue weighted by molar-refractivity contribution is 0.105. The molecule has 1 aromatic heterocycles. The Bertz CT molecular complexity index is 638. The highest BCUT2D eigenvalue weighted by Gasteiger charge is 2.06. The van der Waals surface area contributed by atoms with Crippen LogP contribution in [0.3, 0.4) is 0 Å². The summed E-state index contributed by atoms with van der Waals surface area (Å²) in [6.07, 6.45) is 2.57. The molecule has 0 spiro atoms. The smallest absolute Gasteiger partial charge is 0.190 e. The highest BCUT2D eigenvalue weighted by atomic mass is 16.5. The molecule has 5 heteroatoms. The molecule has 2 aromatic rings. The van der Waals surface area contributed by atoms with E-state index in [1.54, 1.807) is 13.3 Å². The van der Waals surface area contributed by atoms with Crippen LogP contribution < -0.4 is 10.6 Å². The molecule has 0 aliphatic heterocycles. The SMILES string of the molecule is CN=C(NCCCOCc1ccco1)NCC(C)c1cccc(C)c1. The zero-order chi connectivity index (χ0) is 17.9. The van der Waals surface area contributed by atoms with Crippen molar-refractivity contribution in [3.8, 4) is 0 Å². The largest absolute Gasteiger partial charge is 0.467 e. The van der Waals surface area contributed by atoms with Crippen molar-refractivity contribution in [1.82, 2.24) is 10.6 Å². The van der Waals surface area contributed by atoms with E-state index in [1.807, 2.05) is 12.1 Å². The number of guanidine groups is 1. The van der Waals surface area contributed by atoms with Gasteiger partial charge in [0, 0.05) is 26.7 Å². The number of aryl methyl sites for hydroxylation is 1. The minimum Gasteiger partial charge on any atom is -0.467 e. The first kappa shape index (κ1) is 19.1. The molecule has 0 radical (unpaired) electrons. The van der Waals surface area contributed by atoms with Crippen LogP contribution in [0.2, 0.25) is 0 Å². The predicted octanol–water partition coefficient (Wildman–Crippen LogP) is 3.46. The zero-order valence-corrected chi connectivity index (χ0v) is 15.4. The highest BCUT2D eigenvalue weighted by Crippen LogP contribution is 2.15. The van der Waals surface area contributed by atoms with Crippen LogP contribution in [-0.2, 0) is 11.3 Å². The maximum Gasteiger partial charge on any atom is 0.190 e. The molecule has 0 fully saturated rings. The number of ether oxygens (including phenoxy) is 1. The van der Waals surface area contributed by atoms with E-state index in [0.717, 1.165) is 31.2 Å². The topological polar surface area (TPSA) is 58.8 Å². The molecule has 0 saturated heterocycles. The first-order chi connectivity index (χ1) is 12.2. The fourth-order valence-corrected chi connectivity index (χ4v) is 2.51. The molecule has 0 bridgehead atoms. The number of aliphatic imine (C=N–C) groups is 1. The normalized spacial score (nSPS) is 12.8. The van der Waals surface area contributed by atoms with E-state index in [1.165, 1.54) is 11.1 Å². The fraction of sp³-hybridized carbons (Fsp3) is 0.450. The molecule has 0 saturated carbocycles. The van der Waals surface area contributed by atoms with Gasteiger partial charge < -0.3 is 19.8 Å². The highest BCUT2D eigenvalue weighted by molar-refractivity contribution is 5.79. The minimum atomic E-state index is 0.426. The molecule has 5 nitrogen and oxygen atoms in total. The summed E-state index contributed by atoms with van der Waals surface area (Å²) in [6.45, 7) is 7.21. The molecule has 25 heavy (non-hydrogen) atoms. The average Bonchev–Trinajstić information content (AvgIpc) is 3.13. The summed E-state index contributed by atoms with van der Waals surface area (Å²) in [5.74, 6) is 2.11. The summed E-state index contributed by atoms with van der Waals surface area (Å²) >= 11 is 0. The van der Waals surface area contributed by atoms with E-state index in [0.29, 0.717) is 19.1 Å². The minimum absolute atomic E-state index is 0.426. The van der Waals surface area contributed by atoms with Gasteiger partial charge in [0.15, 0.2) is 5.96 Å². The van der Waals surface area contributed by atoms with Crippen LogP contribution >= 0.6 is 0 Å². The van der Waals surface area contributed by atoms with Crippen LogP contribution in [0.15, 0.2) is 52.1 Å². The van der Waals surface area contributed by atoms with Crippen molar-refractivity contribution in [2.45, 2.75) is 32.8 Å². The molecule has 1 heterocycles. The third-order valence-corrected chi connectivity index (χ3v) is 3.99. The number of rotatable bonds is 9. The van der Waals surface area contributed by atoms with Gasteiger partial charge >= 0.3 is 0 Å². The molecule has 2 rings (SSSR count). The van der Waals surface area contributed by atoms with Gasteiger partial charge in [-0.3, -0.25) is 4.99 Å². The lowest BCUT2D eigenvalue weighted by Gasteiger charge is -2.16. The molecule has 1 aromatic carbocycles. The molecule has 0 aliphatic rings. The zero-order valence-electron chi connectivity index (χ0n) is 15.4. The van der Waals surface area contributed by atoms with Crippen LogP contribution in [0.4, 0.5) is 0 Å². The summed E-state index contributed by atoms with van der Waals surface area (Å²) in [5.41, 5.74) is 2.63. The molecular weight excluding hydrogens is 314 g/mol. The average molecular weight is 343 g/mol. The number of furan rings is 1. The van der Waals surface area contributed by atoms with Gasteiger partial charge in [0.25, 0.3) is 0 Å². The Hall–Kier alpha value is -2.27. The summed E-state index contributed by atoms with van der Waals surface area (Å²) in [5, 5.41) is 6.70. The van der Waals surface area contributed by atoms with Gasteiger partial charge in [0.1, 0.15) is 12.4 Å².